The van der Waals surface area contributed by atoms with E-state index in [-0.39, 0.29) is 11.8 Å². The molecule has 1 atom stereocenters. The Balaban J connectivity index is 1.61. The van der Waals surface area contributed by atoms with Gasteiger partial charge in [-0.3, -0.25) is 4.79 Å². The van der Waals surface area contributed by atoms with Gasteiger partial charge in [-0.25, -0.2) is 0 Å². The third-order valence-electron chi connectivity index (χ3n) is 4.17. The highest BCUT2D eigenvalue weighted by atomic mass is 16.1. The molecule has 0 bridgehead atoms. The minimum Gasteiger partial charge on any atom is -0.352 e. The number of amides is 1. The summed E-state index contributed by atoms with van der Waals surface area (Å²) in [7, 11) is 0. The molecule has 1 N–H and O–H groups in total. The Kier molecular flexibility index (Phi) is 4.72. The highest BCUT2D eigenvalue weighted by Crippen LogP contribution is 2.23. The van der Waals surface area contributed by atoms with E-state index in [4.69, 9.17) is 0 Å². The minimum absolute atomic E-state index is 0.0921. The fourth-order valence-electron chi connectivity index (χ4n) is 2.78. The van der Waals surface area contributed by atoms with Crippen LogP contribution in [0.25, 0.3) is 10.8 Å². The summed E-state index contributed by atoms with van der Waals surface area (Å²) in [6, 6.07) is 24.7. The summed E-state index contributed by atoms with van der Waals surface area (Å²) in [5.41, 5.74) is 2.33. The maximum Gasteiger partial charge on any atom is 0.220 e. The van der Waals surface area contributed by atoms with Crippen LogP contribution in [0.1, 0.15) is 30.4 Å². The standard InChI is InChI=1S/C21H21NO/c1-16(13-21(23)22-15-17-7-3-2-4-8-17)19-12-11-18-9-5-6-10-20(18)14-19/h2-12,14,16H,13,15H2,1H3,(H,22,23)/t16-/m0/s1. The zero-order valence-electron chi connectivity index (χ0n) is 13.3. The molecule has 0 saturated heterocycles. The maximum atomic E-state index is 12.2. The number of carbonyl (C=O) groups is 1. The van der Waals surface area contributed by atoms with E-state index in [2.05, 4.69) is 42.6 Å². The number of nitrogens with one attached hydrogen (secondary N) is 1. The molecule has 116 valence electrons. The van der Waals surface area contributed by atoms with E-state index >= 15 is 0 Å². The molecule has 0 spiro atoms. The van der Waals surface area contributed by atoms with Gasteiger partial charge in [0.15, 0.2) is 0 Å². The second kappa shape index (κ2) is 7.10. The zero-order chi connectivity index (χ0) is 16.1. The Labute approximate surface area is 137 Å². The second-order valence-electron chi connectivity index (χ2n) is 5.97. The summed E-state index contributed by atoms with van der Waals surface area (Å²) < 4.78 is 0. The monoisotopic (exact) mass is 303 g/mol. The van der Waals surface area contributed by atoms with E-state index in [0.29, 0.717) is 13.0 Å². The van der Waals surface area contributed by atoms with Crippen LogP contribution in [-0.4, -0.2) is 5.91 Å². The van der Waals surface area contributed by atoms with Gasteiger partial charge in [-0.2, -0.15) is 0 Å². The lowest BCUT2D eigenvalue weighted by Gasteiger charge is -2.13. The predicted molar refractivity (Wildman–Crippen MR) is 95.3 cm³/mol. The number of fused-ring (bicyclic) bond motifs is 1. The Hall–Kier alpha value is -2.61. The van der Waals surface area contributed by atoms with Crippen molar-refractivity contribution in [2.75, 3.05) is 0 Å². The van der Waals surface area contributed by atoms with Gasteiger partial charge in [0.2, 0.25) is 5.91 Å². The van der Waals surface area contributed by atoms with Gasteiger partial charge in [0.25, 0.3) is 0 Å². The van der Waals surface area contributed by atoms with Gasteiger partial charge < -0.3 is 5.32 Å². The smallest absolute Gasteiger partial charge is 0.220 e. The maximum absolute atomic E-state index is 12.2. The topological polar surface area (TPSA) is 29.1 Å². The largest absolute Gasteiger partial charge is 0.352 e. The molecule has 0 heterocycles. The van der Waals surface area contributed by atoms with Crippen molar-refractivity contribution < 1.29 is 4.79 Å². The molecule has 2 nitrogen and oxygen atoms in total. The summed E-state index contributed by atoms with van der Waals surface area (Å²) in [6.07, 6.45) is 0.505. The van der Waals surface area contributed by atoms with Crippen molar-refractivity contribution in [3.05, 3.63) is 83.9 Å². The van der Waals surface area contributed by atoms with Gasteiger partial charge in [-0.15, -0.1) is 0 Å². The van der Waals surface area contributed by atoms with Crippen molar-refractivity contribution in [1.29, 1.82) is 0 Å². The summed E-state index contributed by atoms with van der Waals surface area (Å²) >= 11 is 0. The first-order valence-corrected chi connectivity index (χ1v) is 8.02. The van der Waals surface area contributed by atoms with Crippen LogP contribution in [0.3, 0.4) is 0 Å². The third-order valence-corrected chi connectivity index (χ3v) is 4.17. The number of rotatable bonds is 5. The molecular formula is C21H21NO. The number of hydrogen-bond acceptors (Lipinski definition) is 1. The lowest BCUT2D eigenvalue weighted by molar-refractivity contribution is -0.121. The Bertz CT molecular complexity index is 795. The van der Waals surface area contributed by atoms with Crippen LogP contribution >= 0.6 is 0 Å². The van der Waals surface area contributed by atoms with Crippen molar-refractivity contribution in [2.24, 2.45) is 0 Å². The first-order valence-electron chi connectivity index (χ1n) is 8.02. The summed E-state index contributed by atoms with van der Waals surface area (Å²) in [5.74, 6) is 0.296. The summed E-state index contributed by atoms with van der Waals surface area (Å²) in [6.45, 7) is 2.69. The Morgan fingerprint density at radius 3 is 2.39 bits per heavy atom. The molecule has 0 aliphatic carbocycles. The Morgan fingerprint density at radius 2 is 1.61 bits per heavy atom. The molecule has 2 heteroatoms. The fraction of sp³-hybridized carbons (Fsp3) is 0.190. The molecule has 3 rings (SSSR count). The van der Waals surface area contributed by atoms with Gasteiger partial charge >= 0.3 is 0 Å². The van der Waals surface area contributed by atoms with E-state index in [1.807, 2.05) is 42.5 Å². The first-order chi connectivity index (χ1) is 11.2. The number of hydrogen-bond donors (Lipinski definition) is 1. The normalized spacial score (nSPS) is 12.0. The fourth-order valence-corrected chi connectivity index (χ4v) is 2.78. The lowest BCUT2D eigenvalue weighted by atomic mass is 9.95. The van der Waals surface area contributed by atoms with Crippen molar-refractivity contribution in [3.8, 4) is 0 Å². The second-order valence-corrected chi connectivity index (χ2v) is 5.97. The molecular weight excluding hydrogens is 282 g/mol. The molecule has 0 fully saturated rings. The molecule has 0 unspecified atom stereocenters. The van der Waals surface area contributed by atoms with Gasteiger partial charge in [0, 0.05) is 13.0 Å². The van der Waals surface area contributed by atoms with Gasteiger partial charge in [-0.05, 0) is 27.8 Å². The van der Waals surface area contributed by atoms with E-state index < -0.39 is 0 Å². The zero-order valence-corrected chi connectivity index (χ0v) is 13.3. The highest BCUT2D eigenvalue weighted by Gasteiger charge is 2.11. The minimum atomic E-state index is 0.0921. The van der Waals surface area contributed by atoms with Crippen LogP contribution in [-0.2, 0) is 11.3 Å². The van der Waals surface area contributed by atoms with Crippen molar-refractivity contribution in [1.82, 2.24) is 5.32 Å². The SMILES string of the molecule is C[C@@H](CC(=O)NCc1ccccc1)c1ccc2ccccc2c1. The predicted octanol–water partition coefficient (Wildman–Crippen LogP) is 4.65. The quantitative estimate of drug-likeness (QED) is 0.730. The van der Waals surface area contributed by atoms with Crippen molar-refractivity contribution in [2.45, 2.75) is 25.8 Å². The van der Waals surface area contributed by atoms with E-state index in [1.54, 1.807) is 0 Å². The van der Waals surface area contributed by atoms with E-state index in [0.717, 1.165) is 5.56 Å². The van der Waals surface area contributed by atoms with Crippen LogP contribution < -0.4 is 5.32 Å². The molecule has 0 aliphatic rings. The van der Waals surface area contributed by atoms with Crippen LogP contribution in [0.5, 0.6) is 0 Å². The van der Waals surface area contributed by atoms with Gasteiger partial charge in [-0.1, -0.05) is 79.7 Å². The first kappa shape index (κ1) is 15.3. The molecule has 3 aromatic carbocycles. The van der Waals surface area contributed by atoms with Gasteiger partial charge in [0.1, 0.15) is 0 Å². The molecule has 0 aromatic heterocycles. The molecule has 3 aromatic rings. The van der Waals surface area contributed by atoms with Crippen LogP contribution in [0.2, 0.25) is 0 Å². The highest BCUT2D eigenvalue weighted by molar-refractivity contribution is 5.83. The molecule has 23 heavy (non-hydrogen) atoms. The summed E-state index contributed by atoms with van der Waals surface area (Å²) in [4.78, 5) is 12.2. The average molecular weight is 303 g/mol. The number of benzene rings is 3. The molecule has 0 saturated carbocycles. The number of carbonyl (C=O) groups excluding carboxylic acids is 1. The van der Waals surface area contributed by atoms with Gasteiger partial charge in [0.05, 0.1) is 0 Å². The van der Waals surface area contributed by atoms with E-state index in [9.17, 15) is 4.79 Å². The molecule has 1 amide bonds. The molecule has 0 aliphatic heterocycles. The van der Waals surface area contributed by atoms with Crippen molar-refractivity contribution >= 4 is 16.7 Å². The van der Waals surface area contributed by atoms with Crippen LogP contribution in [0.15, 0.2) is 72.8 Å². The average Bonchev–Trinajstić information content (AvgIpc) is 2.60. The van der Waals surface area contributed by atoms with Crippen molar-refractivity contribution in [3.63, 3.8) is 0 Å². The van der Waals surface area contributed by atoms with Crippen LogP contribution in [0, 0.1) is 0 Å². The third kappa shape index (κ3) is 3.98. The lowest BCUT2D eigenvalue weighted by Crippen LogP contribution is -2.24. The summed E-state index contributed by atoms with van der Waals surface area (Å²) in [5, 5.41) is 5.45. The van der Waals surface area contributed by atoms with Crippen LogP contribution in [0.4, 0.5) is 0 Å². The Morgan fingerprint density at radius 1 is 0.913 bits per heavy atom. The van der Waals surface area contributed by atoms with E-state index in [1.165, 1.54) is 16.3 Å². The molecule has 0 radical (unpaired) electrons.